The summed E-state index contributed by atoms with van der Waals surface area (Å²) in [5.41, 5.74) is 1.14. The van der Waals surface area contributed by atoms with E-state index in [2.05, 4.69) is 5.32 Å². The molecular formula is C12H9KNO3. The van der Waals surface area contributed by atoms with Gasteiger partial charge in [-0.25, -0.2) is 0 Å². The molecule has 0 aliphatic carbocycles. The molecule has 0 saturated carbocycles. The van der Waals surface area contributed by atoms with Crippen LogP contribution in [-0.2, 0) is 0 Å². The number of hydrogen-bond donors (Lipinski definition) is 1. The monoisotopic (exact) mass is 254 g/mol. The van der Waals surface area contributed by atoms with Gasteiger partial charge in [0.25, 0.3) is 11.8 Å². The second kappa shape index (κ2) is 5.39. The first-order chi connectivity index (χ1) is 7.27. The van der Waals surface area contributed by atoms with Gasteiger partial charge in [0, 0.05) is 67.9 Å². The molecule has 0 saturated heterocycles. The molecule has 0 bridgehead atoms. The predicted octanol–water partition coefficient (Wildman–Crippen LogP) is 0.518. The van der Waals surface area contributed by atoms with Crippen molar-refractivity contribution in [2.45, 2.75) is 0 Å². The summed E-state index contributed by atoms with van der Waals surface area (Å²) in [5, 5.41) is 4.00. The third-order valence-corrected chi connectivity index (χ3v) is 2.62. The van der Waals surface area contributed by atoms with Crippen LogP contribution in [0.2, 0.25) is 0 Å². The molecule has 5 heteroatoms. The fraction of sp³-hybridized carbons (Fsp3) is 0. The number of rotatable bonds is 0. The maximum atomic E-state index is 11.6. The van der Waals surface area contributed by atoms with E-state index in [4.69, 9.17) is 0 Å². The Morgan fingerprint density at radius 3 is 1.76 bits per heavy atom. The first kappa shape index (κ1) is 14.5. The first-order valence-corrected chi connectivity index (χ1v) is 4.65. The second-order valence-electron chi connectivity index (χ2n) is 3.49. The Morgan fingerprint density at radius 1 is 0.824 bits per heavy atom. The average Bonchev–Trinajstić information content (AvgIpc) is 2.25. The van der Waals surface area contributed by atoms with Crippen molar-refractivity contribution in [1.29, 1.82) is 0 Å². The van der Waals surface area contributed by atoms with Gasteiger partial charge in [-0.3, -0.25) is 14.9 Å². The molecule has 4 nitrogen and oxygen atoms in total. The molecule has 1 aliphatic rings. The van der Waals surface area contributed by atoms with Gasteiger partial charge in [-0.2, -0.15) is 0 Å². The van der Waals surface area contributed by atoms with E-state index in [0.717, 1.165) is 10.8 Å². The summed E-state index contributed by atoms with van der Waals surface area (Å²) in [7, 11) is 0. The molecule has 1 aliphatic heterocycles. The Morgan fingerprint density at radius 2 is 1.29 bits per heavy atom. The molecule has 17 heavy (non-hydrogen) atoms. The fourth-order valence-corrected chi connectivity index (χ4v) is 1.96. The summed E-state index contributed by atoms with van der Waals surface area (Å²) in [5.74, 6) is -0.631. The van der Waals surface area contributed by atoms with Crippen LogP contribution in [0.3, 0.4) is 0 Å². The quantitative estimate of drug-likeness (QED) is 0.549. The van der Waals surface area contributed by atoms with Crippen molar-refractivity contribution in [3.63, 3.8) is 0 Å². The summed E-state index contributed by atoms with van der Waals surface area (Å²) in [6.07, 6.45) is 0. The maximum absolute atomic E-state index is 11.6. The molecule has 2 aromatic rings. The molecule has 0 spiro atoms. The van der Waals surface area contributed by atoms with E-state index in [1.807, 2.05) is 24.3 Å². The zero-order valence-corrected chi connectivity index (χ0v) is 12.4. The van der Waals surface area contributed by atoms with E-state index in [1.54, 1.807) is 12.1 Å². The van der Waals surface area contributed by atoms with Crippen LogP contribution in [0.15, 0.2) is 36.4 Å². The minimum Gasteiger partial charge on any atom is -0.412 e. The van der Waals surface area contributed by atoms with E-state index in [9.17, 15) is 9.59 Å². The minimum absolute atomic E-state index is 0. The molecule has 2 amide bonds. The molecule has 2 aromatic carbocycles. The van der Waals surface area contributed by atoms with Crippen molar-refractivity contribution in [3.8, 4) is 0 Å². The Kier molecular flexibility index (Phi) is 4.59. The SMILES string of the molecule is O.O=C1NC(=O)c2cccc3cccc1c23.[K]. The Hall–Kier alpha value is -0.564. The summed E-state index contributed by atoms with van der Waals surface area (Å²) in [6.45, 7) is 0. The maximum Gasteiger partial charge on any atom is 0.258 e. The number of imide groups is 1. The number of amides is 2. The van der Waals surface area contributed by atoms with Crippen LogP contribution in [0, 0.1) is 0 Å². The van der Waals surface area contributed by atoms with Crippen LogP contribution < -0.4 is 5.32 Å². The number of benzene rings is 2. The van der Waals surface area contributed by atoms with Crippen molar-refractivity contribution < 1.29 is 15.1 Å². The van der Waals surface area contributed by atoms with Gasteiger partial charge >= 0.3 is 0 Å². The summed E-state index contributed by atoms with van der Waals surface area (Å²) in [4.78, 5) is 23.1. The van der Waals surface area contributed by atoms with E-state index in [1.165, 1.54) is 0 Å². The van der Waals surface area contributed by atoms with Crippen LogP contribution >= 0.6 is 0 Å². The van der Waals surface area contributed by atoms with E-state index < -0.39 is 0 Å². The van der Waals surface area contributed by atoms with Gasteiger partial charge in [-0.05, 0) is 17.5 Å². The molecule has 0 fully saturated rings. The van der Waals surface area contributed by atoms with E-state index in [-0.39, 0.29) is 68.7 Å². The first-order valence-electron chi connectivity index (χ1n) is 4.65. The number of hydrogen-bond acceptors (Lipinski definition) is 2. The molecule has 3 N–H and O–H groups in total. The normalized spacial score (nSPS) is 12.5. The van der Waals surface area contributed by atoms with Crippen molar-refractivity contribution >= 4 is 74.0 Å². The van der Waals surface area contributed by atoms with Crippen LogP contribution in [-0.4, -0.2) is 68.7 Å². The molecule has 81 valence electrons. The largest absolute Gasteiger partial charge is 0.412 e. The van der Waals surface area contributed by atoms with Crippen molar-refractivity contribution in [3.05, 3.63) is 47.5 Å². The average molecular weight is 254 g/mol. The van der Waals surface area contributed by atoms with Gasteiger partial charge in [0.1, 0.15) is 0 Å². The van der Waals surface area contributed by atoms with Gasteiger partial charge in [0.2, 0.25) is 0 Å². The van der Waals surface area contributed by atoms with E-state index >= 15 is 0 Å². The van der Waals surface area contributed by atoms with Gasteiger partial charge < -0.3 is 5.48 Å². The van der Waals surface area contributed by atoms with E-state index in [0.29, 0.717) is 11.1 Å². The molecule has 0 unspecified atom stereocenters. The van der Waals surface area contributed by atoms with Crippen LogP contribution in [0.25, 0.3) is 10.8 Å². The van der Waals surface area contributed by atoms with Gasteiger partial charge in [0.15, 0.2) is 0 Å². The third kappa shape index (κ3) is 2.22. The Balaban J connectivity index is 0.000000722. The number of nitrogens with one attached hydrogen (secondary N) is 1. The summed E-state index contributed by atoms with van der Waals surface area (Å²) in [6, 6.07) is 10.9. The molecule has 0 atom stereocenters. The van der Waals surface area contributed by atoms with Crippen molar-refractivity contribution in [2.75, 3.05) is 0 Å². The number of carbonyl (C=O) groups excluding carboxylic acids is 2. The van der Waals surface area contributed by atoms with Gasteiger partial charge in [-0.15, -0.1) is 0 Å². The summed E-state index contributed by atoms with van der Waals surface area (Å²) < 4.78 is 0. The fourth-order valence-electron chi connectivity index (χ4n) is 1.96. The Bertz CT molecular complexity index is 561. The van der Waals surface area contributed by atoms with Gasteiger partial charge in [-0.1, -0.05) is 24.3 Å². The Labute approximate surface area is 140 Å². The third-order valence-electron chi connectivity index (χ3n) is 2.62. The molecule has 3 rings (SSSR count). The molecule has 1 heterocycles. The molecular weight excluding hydrogens is 245 g/mol. The second-order valence-corrected chi connectivity index (χ2v) is 3.49. The number of carbonyl (C=O) groups is 2. The zero-order valence-electron chi connectivity index (χ0n) is 9.28. The minimum atomic E-state index is -0.315. The topological polar surface area (TPSA) is 77.7 Å². The van der Waals surface area contributed by atoms with Crippen molar-refractivity contribution in [1.82, 2.24) is 5.32 Å². The van der Waals surface area contributed by atoms with Crippen LogP contribution in [0.5, 0.6) is 0 Å². The summed E-state index contributed by atoms with van der Waals surface area (Å²) >= 11 is 0. The van der Waals surface area contributed by atoms with Crippen molar-refractivity contribution in [2.24, 2.45) is 0 Å². The predicted molar refractivity (Wildman–Crippen MR) is 65.1 cm³/mol. The van der Waals surface area contributed by atoms with Gasteiger partial charge in [0.05, 0.1) is 0 Å². The standard InChI is InChI=1S/C12H7NO2.K.H2O/c14-11-8-5-1-3-7-4-2-6-9(10(7)8)12(15)13-11;;/h1-6H,(H,13,14,15);;1H2. The molecule has 0 aromatic heterocycles. The van der Waals surface area contributed by atoms with Crippen LogP contribution in [0.4, 0.5) is 0 Å². The van der Waals surface area contributed by atoms with Crippen LogP contribution in [0.1, 0.15) is 20.7 Å². The smallest absolute Gasteiger partial charge is 0.258 e. The molecule has 1 radical (unpaired) electrons. The zero-order chi connectivity index (χ0) is 10.4.